The lowest BCUT2D eigenvalue weighted by molar-refractivity contribution is -0.274. The first-order valence-electron chi connectivity index (χ1n) is 9.24. The SMILES string of the molecule is COc1ccc(-c2nnc(-c3cc(OC(F)(F)F)ccc3-c3ccncc3)o2)cc1OC. The van der Waals surface area contributed by atoms with Gasteiger partial charge in [-0.3, -0.25) is 4.98 Å². The molecule has 7 nitrogen and oxygen atoms in total. The number of methoxy groups -OCH3 is 2. The third-order valence-corrected chi connectivity index (χ3v) is 4.50. The molecule has 0 bridgehead atoms. The summed E-state index contributed by atoms with van der Waals surface area (Å²) in [6.45, 7) is 0. The van der Waals surface area contributed by atoms with Crippen LogP contribution in [0, 0.1) is 0 Å². The van der Waals surface area contributed by atoms with E-state index in [9.17, 15) is 13.2 Å². The molecule has 4 rings (SSSR count). The van der Waals surface area contributed by atoms with Gasteiger partial charge < -0.3 is 18.6 Å². The number of alkyl halides is 3. The lowest BCUT2D eigenvalue weighted by Crippen LogP contribution is -2.17. The highest BCUT2D eigenvalue weighted by Crippen LogP contribution is 2.38. The summed E-state index contributed by atoms with van der Waals surface area (Å²) in [4.78, 5) is 3.97. The van der Waals surface area contributed by atoms with Crippen LogP contribution in [-0.2, 0) is 0 Å². The molecule has 0 fully saturated rings. The summed E-state index contributed by atoms with van der Waals surface area (Å²) in [5.41, 5.74) is 2.11. The first-order chi connectivity index (χ1) is 15.4. The Labute approximate surface area is 180 Å². The largest absolute Gasteiger partial charge is 0.573 e. The monoisotopic (exact) mass is 443 g/mol. The molecule has 2 aromatic carbocycles. The van der Waals surface area contributed by atoms with Crippen molar-refractivity contribution in [3.63, 3.8) is 0 Å². The van der Waals surface area contributed by atoms with E-state index in [1.165, 1.54) is 32.4 Å². The fraction of sp³-hybridized carbons (Fsp3) is 0.136. The summed E-state index contributed by atoms with van der Waals surface area (Å²) >= 11 is 0. The first kappa shape index (κ1) is 21.2. The minimum Gasteiger partial charge on any atom is -0.493 e. The second-order valence-corrected chi connectivity index (χ2v) is 6.47. The van der Waals surface area contributed by atoms with Crippen LogP contribution in [0.25, 0.3) is 34.0 Å². The lowest BCUT2D eigenvalue weighted by Gasteiger charge is -2.12. The van der Waals surface area contributed by atoms with E-state index in [0.29, 0.717) is 28.2 Å². The van der Waals surface area contributed by atoms with Crippen molar-refractivity contribution in [1.29, 1.82) is 0 Å². The summed E-state index contributed by atoms with van der Waals surface area (Å²) in [7, 11) is 3.01. The van der Waals surface area contributed by atoms with E-state index in [4.69, 9.17) is 13.9 Å². The van der Waals surface area contributed by atoms with Crippen molar-refractivity contribution >= 4 is 0 Å². The summed E-state index contributed by atoms with van der Waals surface area (Å²) in [5.74, 6) is 0.755. The van der Waals surface area contributed by atoms with E-state index in [0.717, 1.165) is 0 Å². The summed E-state index contributed by atoms with van der Waals surface area (Å²) in [5, 5.41) is 8.09. The molecule has 164 valence electrons. The van der Waals surface area contributed by atoms with Gasteiger partial charge in [0.25, 0.3) is 0 Å². The maximum atomic E-state index is 12.8. The smallest absolute Gasteiger partial charge is 0.493 e. The van der Waals surface area contributed by atoms with Gasteiger partial charge in [-0.15, -0.1) is 23.4 Å². The molecule has 2 aromatic heterocycles. The van der Waals surface area contributed by atoms with Crippen molar-refractivity contribution in [2.24, 2.45) is 0 Å². The molecule has 0 unspecified atom stereocenters. The van der Waals surface area contributed by atoms with Crippen molar-refractivity contribution < 1.29 is 31.8 Å². The van der Waals surface area contributed by atoms with Gasteiger partial charge in [-0.25, -0.2) is 0 Å². The minimum atomic E-state index is -4.84. The number of benzene rings is 2. The standard InChI is InChI=1S/C22H16F3N3O4/c1-29-18-6-3-14(11-19(18)30-2)20-27-28-21(31-20)17-12-15(32-22(23,24)25)4-5-16(17)13-7-9-26-10-8-13/h3-12H,1-2H3. The molecule has 0 saturated carbocycles. The fourth-order valence-corrected chi connectivity index (χ4v) is 3.10. The Morgan fingerprint density at radius 1 is 0.750 bits per heavy atom. The van der Waals surface area contributed by atoms with Crippen LogP contribution in [0.3, 0.4) is 0 Å². The Balaban J connectivity index is 1.79. The second kappa shape index (κ2) is 8.58. The van der Waals surface area contributed by atoms with Crippen LogP contribution < -0.4 is 14.2 Å². The topological polar surface area (TPSA) is 79.5 Å². The number of halogens is 3. The highest BCUT2D eigenvalue weighted by atomic mass is 19.4. The lowest BCUT2D eigenvalue weighted by atomic mass is 10.0. The second-order valence-electron chi connectivity index (χ2n) is 6.47. The average Bonchev–Trinajstić information content (AvgIpc) is 3.28. The average molecular weight is 443 g/mol. The molecule has 0 N–H and O–H groups in total. The first-order valence-corrected chi connectivity index (χ1v) is 9.24. The van der Waals surface area contributed by atoms with Gasteiger partial charge in [-0.05, 0) is 59.7 Å². The quantitative estimate of drug-likeness (QED) is 0.396. The zero-order valence-corrected chi connectivity index (χ0v) is 16.9. The molecule has 0 spiro atoms. The van der Waals surface area contributed by atoms with Crippen LogP contribution in [0.15, 0.2) is 65.3 Å². The van der Waals surface area contributed by atoms with E-state index in [-0.39, 0.29) is 17.3 Å². The Kier molecular flexibility index (Phi) is 5.67. The highest BCUT2D eigenvalue weighted by Gasteiger charge is 2.31. The molecule has 0 radical (unpaired) electrons. The highest BCUT2D eigenvalue weighted by molar-refractivity contribution is 5.81. The zero-order valence-electron chi connectivity index (χ0n) is 16.9. The molecule has 0 saturated heterocycles. The van der Waals surface area contributed by atoms with Gasteiger partial charge in [-0.2, -0.15) is 0 Å². The number of rotatable bonds is 6. The number of ether oxygens (including phenoxy) is 3. The molecule has 10 heteroatoms. The van der Waals surface area contributed by atoms with Crippen molar-refractivity contribution in [3.8, 4) is 51.3 Å². The van der Waals surface area contributed by atoms with E-state index in [2.05, 4.69) is 19.9 Å². The molecule has 0 amide bonds. The van der Waals surface area contributed by atoms with Gasteiger partial charge in [0.15, 0.2) is 11.5 Å². The van der Waals surface area contributed by atoms with Crippen LogP contribution in [0.1, 0.15) is 0 Å². The predicted octanol–water partition coefficient (Wildman–Crippen LogP) is 5.38. The summed E-state index contributed by atoms with van der Waals surface area (Å²) < 4.78 is 58.6. The van der Waals surface area contributed by atoms with Crippen LogP contribution in [0.5, 0.6) is 17.2 Å². The van der Waals surface area contributed by atoms with Crippen molar-refractivity contribution in [3.05, 3.63) is 60.9 Å². The van der Waals surface area contributed by atoms with Gasteiger partial charge in [0.1, 0.15) is 5.75 Å². The number of hydrogen-bond donors (Lipinski definition) is 0. The van der Waals surface area contributed by atoms with Crippen molar-refractivity contribution in [1.82, 2.24) is 15.2 Å². The van der Waals surface area contributed by atoms with Gasteiger partial charge in [0.05, 0.1) is 19.8 Å². The number of aromatic nitrogens is 3. The summed E-state index contributed by atoms with van der Waals surface area (Å²) in [6, 6.07) is 12.4. The Morgan fingerprint density at radius 2 is 1.47 bits per heavy atom. The van der Waals surface area contributed by atoms with E-state index >= 15 is 0 Å². The zero-order chi connectivity index (χ0) is 22.7. The van der Waals surface area contributed by atoms with Gasteiger partial charge in [0.2, 0.25) is 11.8 Å². The van der Waals surface area contributed by atoms with Crippen LogP contribution in [0.2, 0.25) is 0 Å². The molecule has 0 aliphatic carbocycles. The molecule has 0 aliphatic heterocycles. The maximum Gasteiger partial charge on any atom is 0.573 e. The Morgan fingerprint density at radius 3 is 2.16 bits per heavy atom. The predicted molar refractivity (Wildman–Crippen MR) is 108 cm³/mol. The maximum absolute atomic E-state index is 12.8. The molecule has 0 atom stereocenters. The van der Waals surface area contributed by atoms with E-state index < -0.39 is 12.1 Å². The van der Waals surface area contributed by atoms with E-state index in [1.54, 1.807) is 42.7 Å². The normalized spacial score (nSPS) is 11.3. The Hall–Kier alpha value is -4.08. The van der Waals surface area contributed by atoms with Crippen LogP contribution in [-0.4, -0.2) is 35.8 Å². The molecular formula is C22H16F3N3O4. The molecule has 4 aromatic rings. The van der Waals surface area contributed by atoms with Gasteiger partial charge in [0, 0.05) is 18.0 Å². The third kappa shape index (κ3) is 4.48. The third-order valence-electron chi connectivity index (χ3n) is 4.50. The number of pyridine rings is 1. The molecular weight excluding hydrogens is 427 g/mol. The molecule has 0 aliphatic rings. The van der Waals surface area contributed by atoms with E-state index in [1.807, 2.05) is 0 Å². The van der Waals surface area contributed by atoms with Crippen molar-refractivity contribution in [2.45, 2.75) is 6.36 Å². The van der Waals surface area contributed by atoms with Crippen molar-refractivity contribution in [2.75, 3.05) is 14.2 Å². The minimum absolute atomic E-state index is 0.0224. The summed E-state index contributed by atoms with van der Waals surface area (Å²) in [6.07, 6.45) is -1.70. The fourth-order valence-electron chi connectivity index (χ4n) is 3.10. The molecule has 2 heterocycles. The van der Waals surface area contributed by atoms with Gasteiger partial charge >= 0.3 is 6.36 Å². The number of hydrogen-bond acceptors (Lipinski definition) is 7. The number of nitrogens with zero attached hydrogens (tertiary/aromatic N) is 3. The molecule has 32 heavy (non-hydrogen) atoms. The van der Waals surface area contributed by atoms with Gasteiger partial charge in [-0.1, -0.05) is 0 Å². The van der Waals surface area contributed by atoms with Crippen LogP contribution >= 0.6 is 0 Å². The Bertz CT molecular complexity index is 1230. The van der Waals surface area contributed by atoms with Crippen LogP contribution in [0.4, 0.5) is 13.2 Å².